The number of anilines is 1. The number of carbonyl (C=O) groups is 1. The minimum absolute atomic E-state index is 0.208. The van der Waals surface area contributed by atoms with Crippen molar-refractivity contribution in [1.29, 1.82) is 0 Å². The van der Waals surface area contributed by atoms with Gasteiger partial charge >= 0.3 is 0 Å². The van der Waals surface area contributed by atoms with Gasteiger partial charge in [-0.05, 0) is 24.6 Å². The zero-order valence-corrected chi connectivity index (χ0v) is 9.91. The van der Waals surface area contributed by atoms with Gasteiger partial charge in [0.1, 0.15) is 0 Å². The fourth-order valence-corrected chi connectivity index (χ4v) is 1.79. The van der Waals surface area contributed by atoms with Gasteiger partial charge in [0.2, 0.25) is 15.9 Å². The molecule has 0 spiro atoms. The first kappa shape index (κ1) is 12.7. The van der Waals surface area contributed by atoms with Crippen LogP contribution in [0.5, 0.6) is 0 Å². The lowest BCUT2D eigenvalue weighted by molar-refractivity contribution is -0.114. The second-order valence-electron chi connectivity index (χ2n) is 3.54. The van der Waals surface area contributed by atoms with Crippen molar-refractivity contribution >= 4 is 21.6 Å². The highest BCUT2D eigenvalue weighted by molar-refractivity contribution is 7.89. The Morgan fingerprint density at radius 1 is 1.44 bits per heavy atom. The summed E-state index contributed by atoms with van der Waals surface area (Å²) >= 11 is 0. The summed E-state index contributed by atoms with van der Waals surface area (Å²) in [6.45, 7) is 2.89. The van der Waals surface area contributed by atoms with Crippen molar-refractivity contribution in [3.8, 4) is 0 Å². The largest absolute Gasteiger partial charge is 0.326 e. The van der Waals surface area contributed by atoms with Crippen LogP contribution in [0, 0.1) is 0 Å². The number of sulfonamides is 1. The Morgan fingerprint density at radius 2 is 2.06 bits per heavy atom. The average molecular weight is 242 g/mol. The highest BCUT2D eigenvalue weighted by Gasteiger charge is 2.17. The fraction of sp³-hybridized carbons (Fsp3) is 0.300. The van der Waals surface area contributed by atoms with E-state index in [2.05, 4.69) is 5.32 Å². The van der Waals surface area contributed by atoms with E-state index in [-0.39, 0.29) is 5.91 Å². The second kappa shape index (κ2) is 4.63. The molecule has 3 N–H and O–H groups in total. The number of amides is 1. The average Bonchev–Trinajstić information content (AvgIpc) is 2.14. The molecule has 0 bridgehead atoms. The van der Waals surface area contributed by atoms with Gasteiger partial charge in [0.15, 0.2) is 0 Å². The Kier molecular flexibility index (Phi) is 3.66. The molecule has 5 nitrogen and oxygen atoms in total. The van der Waals surface area contributed by atoms with Gasteiger partial charge in [-0.15, -0.1) is 0 Å². The molecule has 1 amide bonds. The van der Waals surface area contributed by atoms with Gasteiger partial charge in [-0.3, -0.25) is 4.79 Å². The maximum atomic E-state index is 11.2. The fourth-order valence-electron chi connectivity index (χ4n) is 1.26. The molecule has 0 aromatic heterocycles. The van der Waals surface area contributed by atoms with E-state index >= 15 is 0 Å². The molecule has 1 unspecified atom stereocenters. The quantitative estimate of drug-likeness (QED) is 0.828. The SMILES string of the molecule is CC(=O)Nc1cccc(C(C)S(N)(=O)=O)c1. The number of hydrogen-bond donors (Lipinski definition) is 2. The van der Waals surface area contributed by atoms with Gasteiger partial charge < -0.3 is 5.32 Å². The van der Waals surface area contributed by atoms with Crippen molar-refractivity contribution in [3.05, 3.63) is 29.8 Å². The third-order valence-electron chi connectivity index (χ3n) is 2.17. The summed E-state index contributed by atoms with van der Waals surface area (Å²) < 4.78 is 22.3. The van der Waals surface area contributed by atoms with Crippen LogP contribution < -0.4 is 10.5 Å². The summed E-state index contributed by atoms with van der Waals surface area (Å²) in [6, 6.07) is 6.60. The molecule has 16 heavy (non-hydrogen) atoms. The summed E-state index contributed by atoms with van der Waals surface area (Å²) in [5, 5.41) is 6.83. The first-order valence-electron chi connectivity index (χ1n) is 4.70. The molecular weight excluding hydrogens is 228 g/mol. The van der Waals surface area contributed by atoms with Crippen LogP contribution in [0.3, 0.4) is 0 Å². The lowest BCUT2D eigenvalue weighted by Gasteiger charge is -2.11. The van der Waals surface area contributed by atoms with E-state index in [1.54, 1.807) is 24.3 Å². The standard InChI is InChI=1S/C10H14N2O3S/c1-7(16(11,14)15)9-4-3-5-10(6-9)12-8(2)13/h3-7H,1-2H3,(H,12,13)(H2,11,14,15). The van der Waals surface area contributed by atoms with E-state index in [0.717, 1.165) is 0 Å². The van der Waals surface area contributed by atoms with Crippen LogP contribution in [0.2, 0.25) is 0 Å². The zero-order chi connectivity index (χ0) is 12.3. The molecule has 1 atom stereocenters. The van der Waals surface area contributed by atoms with Crippen molar-refractivity contribution in [2.75, 3.05) is 5.32 Å². The molecule has 0 aliphatic heterocycles. The summed E-state index contributed by atoms with van der Waals surface area (Å²) in [5.74, 6) is -0.208. The van der Waals surface area contributed by atoms with Crippen molar-refractivity contribution < 1.29 is 13.2 Å². The highest BCUT2D eigenvalue weighted by Crippen LogP contribution is 2.22. The Balaban J connectivity index is 3.03. The van der Waals surface area contributed by atoms with E-state index < -0.39 is 15.3 Å². The van der Waals surface area contributed by atoms with E-state index in [4.69, 9.17) is 5.14 Å². The minimum Gasteiger partial charge on any atom is -0.326 e. The summed E-state index contributed by atoms with van der Waals surface area (Å²) in [5.41, 5.74) is 1.11. The number of nitrogens with two attached hydrogens (primary N) is 1. The van der Waals surface area contributed by atoms with Gasteiger partial charge in [-0.2, -0.15) is 0 Å². The second-order valence-corrected chi connectivity index (χ2v) is 5.42. The van der Waals surface area contributed by atoms with Crippen molar-refractivity contribution in [3.63, 3.8) is 0 Å². The van der Waals surface area contributed by atoms with E-state index in [1.165, 1.54) is 13.8 Å². The van der Waals surface area contributed by atoms with E-state index in [1.807, 2.05) is 0 Å². The molecule has 0 radical (unpaired) electrons. The molecular formula is C10H14N2O3S. The third-order valence-corrected chi connectivity index (χ3v) is 3.43. The van der Waals surface area contributed by atoms with Crippen molar-refractivity contribution in [2.24, 2.45) is 5.14 Å². The van der Waals surface area contributed by atoms with Crippen LogP contribution in [-0.2, 0) is 14.8 Å². The number of primary sulfonamides is 1. The van der Waals surface area contributed by atoms with E-state index in [0.29, 0.717) is 11.3 Å². The predicted octanol–water partition coefficient (Wildman–Crippen LogP) is 0.994. The molecule has 1 aromatic carbocycles. The molecule has 0 aliphatic carbocycles. The zero-order valence-electron chi connectivity index (χ0n) is 9.10. The first-order chi connectivity index (χ1) is 7.30. The topological polar surface area (TPSA) is 89.3 Å². The lowest BCUT2D eigenvalue weighted by Crippen LogP contribution is -2.19. The number of carbonyl (C=O) groups excluding carboxylic acids is 1. The predicted molar refractivity (Wildman–Crippen MR) is 62.3 cm³/mol. The molecule has 0 fully saturated rings. The van der Waals surface area contributed by atoms with Crippen molar-refractivity contribution in [1.82, 2.24) is 0 Å². The van der Waals surface area contributed by atoms with Crippen LogP contribution in [0.25, 0.3) is 0 Å². The highest BCUT2D eigenvalue weighted by atomic mass is 32.2. The maximum absolute atomic E-state index is 11.2. The molecule has 0 saturated heterocycles. The number of rotatable bonds is 3. The smallest absolute Gasteiger partial charge is 0.221 e. The minimum atomic E-state index is -3.61. The Labute approximate surface area is 94.7 Å². The Bertz CT molecular complexity index is 497. The number of nitrogens with one attached hydrogen (secondary N) is 1. The van der Waals surface area contributed by atoms with Gasteiger partial charge in [-0.1, -0.05) is 12.1 Å². The molecule has 1 rings (SSSR count). The summed E-state index contributed by atoms with van der Waals surface area (Å²) in [6.07, 6.45) is 0. The molecule has 1 aromatic rings. The first-order valence-corrected chi connectivity index (χ1v) is 6.31. The summed E-state index contributed by atoms with van der Waals surface area (Å²) in [4.78, 5) is 10.8. The van der Waals surface area contributed by atoms with Gasteiger partial charge in [0, 0.05) is 12.6 Å². The van der Waals surface area contributed by atoms with Crippen LogP contribution >= 0.6 is 0 Å². The summed E-state index contributed by atoms with van der Waals surface area (Å²) in [7, 11) is -3.61. The van der Waals surface area contributed by atoms with Crippen LogP contribution in [0.15, 0.2) is 24.3 Å². The van der Waals surface area contributed by atoms with Gasteiger partial charge in [-0.25, -0.2) is 13.6 Å². The number of hydrogen-bond acceptors (Lipinski definition) is 3. The third kappa shape index (κ3) is 3.32. The lowest BCUT2D eigenvalue weighted by atomic mass is 10.1. The Morgan fingerprint density at radius 3 is 2.56 bits per heavy atom. The molecule has 88 valence electrons. The molecule has 0 aliphatic rings. The molecule has 0 heterocycles. The van der Waals surface area contributed by atoms with Gasteiger partial charge in [0.05, 0.1) is 5.25 Å². The normalized spacial score (nSPS) is 13.2. The van der Waals surface area contributed by atoms with E-state index in [9.17, 15) is 13.2 Å². The van der Waals surface area contributed by atoms with Crippen LogP contribution in [0.1, 0.15) is 24.7 Å². The van der Waals surface area contributed by atoms with Gasteiger partial charge in [0.25, 0.3) is 0 Å². The van der Waals surface area contributed by atoms with Crippen LogP contribution in [0.4, 0.5) is 5.69 Å². The van der Waals surface area contributed by atoms with Crippen LogP contribution in [-0.4, -0.2) is 14.3 Å². The Hall–Kier alpha value is -1.40. The maximum Gasteiger partial charge on any atom is 0.221 e. The monoisotopic (exact) mass is 242 g/mol. The molecule has 6 heteroatoms. The van der Waals surface area contributed by atoms with Crippen molar-refractivity contribution in [2.45, 2.75) is 19.1 Å². The molecule has 0 saturated carbocycles. The number of benzene rings is 1.